The Hall–Kier alpha value is -2.21. The maximum atomic E-state index is 4.27. The van der Waals surface area contributed by atoms with Gasteiger partial charge in [0.2, 0.25) is 5.13 Å². The molecule has 1 aromatic carbocycles. The van der Waals surface area contributed by atoms with Crippen molar-refractivity contribution in [3.8, 4) is 5.69 Å². The number of hydrogen-bond acceptors (Lipinski definition) is 5. The van der Waals surface area contributed by atoms with Crippen LogP contribution >= 0.6 is 11.5 Å². The molecule has 0 saturated carbocycles. The van der Waals surface area contributed by atoms with Crippen molar-refractivity contribution in [1.82, 2.24) is 19.1 Å². The van der Waals surface area contributed by atoms with Gasteiger partial charge < -0.3 is 5.32 Å². The molecule has 6 heteroatoms. The second-order valence-corrected chi connectivity index (χ2v) is 4.87. The Balaban J connectivity index is 1.66. The lowest BCUT2D eigenvalue weighted by Crippen LogP contribution is -2.00. The zero-order valence-corrected chi connectivity index (χ0v) is 11.3. The average Bonchev–Trinajstić information content (AvgIpc) is 3.08. The first kappa shape index (κ1) is 11.9. The van der Waals surface area contributed by atoms with Crippen LogP contribution in [0.3, 0.4) is 0 Å². The molecule has 5 nitrogen and oxygen atoms in total. The van der Waals surface area contributed by atoms with E-state index in [2.05, 4.69) is 44.0 Å². The van der Waals surface area contributed by atoms with Crippen LogP contribution < -0.4 is 5.32 Å². The Morgan fingerprint density at radius 3 is 2.74 bits per heavy atom. The average molecular weight is 271 g/mol. The van der Waals surface area contributed by atoms with Crippen molar-refractivity contribution in [2.45, 2.75) is 13.5 Å². The SMILES string of the molecule is Cc1nsc(NCc2ccc(-n3cccn3)cc2)n1. The summed E-state index contributed by atoms with van der Waals surface area (Å²) in [5, 5.41) is 8.31. The van der Waals surface area contributed by atoms with Gasteiger partial charge in [0.05, 0.1) is 5.69 Å². The van der Waals surface area contributed by atoms with Gasteiger partial charge in [-0.2, -0.15) is 9.47 Å². The number of nitrogens with one attached hydrogen (secondary N) is 1. The van der Waals surface area contributed by atoms with E-state index >= 15 is 0 Å². The van der Waals surface area contributed by atoms with Gasteiger partial charge in [0.15, 0.2) is 0 Å². The van der Waals surface area contributed by atoms with Gasteiger partial charge in [0, 0.05) is 30.5 Å². The fraction of sp³-hybridized carbons (Fsp3) is 0.154. The summed E-state index contributed by atoms with van der Waals surface area (Å²) in [6, 6.07) is 10.2. The molecule has 96 valence electrons. The van der Waals surface area contributed by atoms with Gasteiger partial charge in [-0.05, 0) is 30.7 Å². The molecule has 0 aliphatic rings. The Labute approximate surface area is 115 Å². The van der Waals surface area contributed by atoms with E-state index in [1.165, 1.54) is 17.1 Å². The lowest BCUT2D eigenvalue weighted by molar-refractivity contribution is 0.879. The Bertz CT molecular complexity index is 642. The quantitative estimate of drug-likeness (QED) is 0.792. The second-order valence-electron chi connectivity index (χ2n) is 4.12. The fourth-order valence-electron chi connectivity index (χ4n) is 1.73. The Kier molecular flexibility index (Phi) is 3.24. The Morgan fingerprint density at radius 2 is 2.11 bits per heavy atom. The van der Waals surface area contributed by atoms with Gasteiger partial charge in [-0.1, -0.05) is 12.1 Å². The Morgan fingerprint density at radius 1 is 1.26 bits per heavy atom. The van der Waals surface area contributed by atoms with Crippen LogP contribution in [0, 0.1) is 6.92 Å². The summed E-state index contributed by atoms with van der Waals surface area (Å²) in [5.41, 5.74) is 2.25. The first-order chi connectivity index (χ1) is 9.31. The van der Waals surface area contributed by atoms with Gasteiger partial charge >= 0.3 is 0 Å². The minimum absolute atomic E-state index is 0.744. The zero-order valence-electron chi connectivity index (χ0n) is 10.4. The third kappa shape index (κ3) is 2.79. The van der Waals surface area contributed by atoms with Crippen LogP contribution in [0.15, 0.2) is 42.7 Å². The third-order valence-electron chi connectivity index (χ3n) is 2.68. The summed E-state index contributed by atoms with van der Waals surface area (Å²) in [4.78, 5) is 4.27. The summed E-state index contributed by atoms with van der Waals surface area (Å²) in [7, 11) is 0. The minimum atomic E-state index is 0.744. The fourth-order valence-corrected chi connectivity index (χ4v) is 2.30. The maximum absolute atomic E-state index is 4.27. The highest BCUT2D eigenvalue weighted by molar-refractivity contribution is 7.09. The van der Waals surface area contributed by atoms with Crippen LogP contribution in [0.5, 0.6) is 0 Å². The van der Waals surface area contributed by atoms with E-state index in [0.29, 0.717) is 0 Å². The predicted octanol–water partition coefficient (Wildman–Crippen LogP) is 2.64. The molecule has 0 unspecified atom stereocenters. The summed E-state index contributed by atoms with van der Waals surface area (Å²) < 4.78 is 5.97. The van der Waals surface area contributed by atoms with Crippen LogP contribution in [0.2, 0.25) is 0 Å². The van der Waals surface area contributed by atoms with Crippen LogP contribution in [-0.4, -0.2) is 19.1 Å². The molecule has 19 heavy (non-hydrogen) atoms. The standard InChI is InChI=1S/C13H13N5S/c1-10-16-13(19-17-10)14-9-11-3-5-12(6-4-11)18-8-2-7-15-18/h2-8H,9H2,1H3,(H,14,16,17). The van der Waals surface area contributed by atoms with Crippen LogP contribution in [-0.2, 0) is 6.54 Å². The van der Waals surface area contributed by atoms with E-state index in [9.17, 15) is 0 Å². The third-order valence-corrected chi connectivity index (χ3v) is 3.44. The van der Waals surface area contributed by atoms with E-state index in [1.54, 1.807) is 6.20 Å². The number of benzene rings is 1. The molecule has 1 N–H and O–H groups in total. The molecule has 2 heterocycles. The number of hydrogen-bond donors (Lipinski definition) is 1. The van der Waals surface area contributed by atoms with Gasteiger partial charge in [0.25, 0.3) is 0 Å². The normalized spacial score (nSPS) is 10.6. The van der Waals surface area contributed by atoms with E-state index in [4.69, 9.17) is 0 Å². The smallest absolute Gasteiger partial charge is 0.202 e. The first-order valence-electron chi connectivity index (χ1n) is 5.94. The van der Waals surface area contributed by atoms with Crippen LogP contribution in [0.1, 0.15) is 11.4 Å². The monoisotopic (exact) mass is 271 g/mol. The summed E-state index contributed by atoms with van der Waals surface area (Å²) in [5.74, 6) is 0.807. The molecular formula is C13H13N5S. The van der Waals surface area contributed by atoms with Gasteiger partial charge in [0.1, 0.15) is 5.82 Å². The number of anilines is 1. The predicted molar refractivity (Wildman–Crippen MR) is 75.5 cm³/mol. The second kappa shape index (κ2) is 5.19. The summed E-state index contributed by atoms with van der Waals surface area (Å²) in [6.07, 6.45) is 3.70. The van der Waals surface area contributed by atoms with Gasteiger partial charge in [-0.15, -0.1) is 0 Å². The van der Waals surface area contributed by atoms with E-state index in [0.717, 1.165) is 23.2 Å². The van der Waals surface area contributed by atoms with Crippen molar-refractivity contribution < 1.29 is 0 Å². The molecule has 0 radical (unpaired) electrons. The molecule has 0 bridgehead atoms. The number of aromatic nitrogens is 4. The molecule has 0 atom stereocenters. The van der Waals surface area contributed by atoms with Crippen molar-refractivity contribution in [1.29, 1.82) is 0 Å². The van der Waals surface area contributed by atoms with E-state index in [-0.39, 0.29) is 0 Å². The zero-order chi connectivity index (χ0) is 13.1. The first-order valence-corrected chi connectivity index (χ1v) is 6.72. The lowest BCUT2D eigenvalue weighted by atomic mass is 10.2. The molecule has 3 aromatic rings. The summed E-state index contributed by atoms with van der Waals surface area (Å²) >= 11 is 1.38. The molecule has 0 amide bonds. The largest absolute Gasteiger partial charge is 0.356 e. The highest BCUT2D eigenvalue weighted by Gasteiger charge is 2.00. The molecule has 0 aliphatic carbocycles. The van der Waals surface area contributed by atoms with Gasteiger partial charge in [-0.25, -0.2) is 9.67 Å². The molecule has 0 aliphatic heterocycles. The van der Waals surface area contributed by atoms with Crippen molar-refractivity contribution in [2.24, 2.45) is 0 Å². The van der Waals surface area contributed by atoms with Crippen molar-refractivity contribution in [3.63, 3.8) is 0 Å². The van der Waals surface area contributed by atoms with Crippen molar-refractivity contribution >= 4 is 16.7 Å². The molecule has 0 fully saturated rings. The van der Waals surface area contributed by atoms with Crippen LogP contribution in [0.25, 0.3) is 5.69 Å². The van der Waals surface area contributed by atoms with Crippen molar-refractivity contribution in [2.75, 3.05) is 5.32 Å². The van der Waals surface area contributed by atoms with E-state index < -0.39 is 0 Å². The summed E-state index contributed by atoms with van der Waals surface area (Å²) in [6.45, 7) is 2.63. The number of nitrogens with zero attached hydrogens (tertiary/aromatic N) is 4. The van der Waals surface area contributed by atoms with E-state index in [1.807, 2.05) is 23.9 Å². The number of aryl methyl sites for hydroxylation is 1. The number of rotatable bonds is 4. The van der Waals surface area contributed by atoms with Crippen LogP contribution in [0.4, 0.5) is 5.13 Å². The molecule has 3 rings (SSSR count). The molecule has 0 spiro atoms. The maximum Gasteiger partial charge on any atom is 0.202 e. The molecule has 2 aromatic heterocycles. The molecule has 0 saturated heterocycles. The van der Waals surface area contributed by atoms with Gasteiger partial charge in [-0.3, -0.25) is 0 Å². The van der Waals surface area contributed by atoms with Crippen molar-refractivity contribution in [3.05, 3.63) is 54.1 Å². The lowest BCUT2D eigenvalue weighted by Gasteiger charge is -2.05. The molecular weight excluding hydrogens is 258 g/mol. The highest BCUT2D eigenvalue weighted by atomic mass is 32.1. The topological polar surface area (TPSA) is 55.6 Å². The minimum Gasteiger partial charge on any atom is -0.356 e. The highest BCUT2D eigenvalue weighted by Crippen LogP contribution is 2.13.